The summed E-state index contributed by atoms with van der Waals surface area (Å²) in [6, 6.07) is 7.33. The van der Waals surface area contributed by atoms with E-state index in [1.54, 1.807) is 7.11 Å². The molecule has 0 aromatic heterocycles. The van der Waals surface area contributed by atoms with Gasteiger partial charge in [-0.2, -0.15) is 0 Å². The normalized spacial score (nSPS) is 18.2. The van der Waals surface area contributed by atoms with E-state index < -0.39 is 6.04 Å². The second-order valence-electron chi connectivity index (χ2n) is 5.89. The van der Waals surface area contributed by atoms with Crippen LogP contribution in [0.3, 0.4) is 0 Å². The molecule has 1 saturated heterocycles. The van der Waals surface area contributed by atoms with E-state index in [0.29, 0.717) is 19.5 Å². The number of rotatable bonds is 6. The van der Waals surface area contributed by atoms with Crippen molar-refractivity contribution < 1.29 is 14.3 Å². The van der Waals surface area contributed by atoms with Crippen molar-refractivity contribution in [1.82, 2.24) is 15.5 Å². The van der Waals surface area contributed by atoms with Crippen molar-refractivity contribution in [2.24, 2.45) is 0 Å². The van der Waals surface area contributed by atoms with Crippen molar-refractivity contribution in [3.05, 3.63) is 29.8 Å². The van der Waals surface area contributed by atoms with Gasteiger partial charge in [0.05, 0.1) is 13.7 Å². The van der Waals surface area contributed by atoms with Crippen molar-refractivity contribution >= 4 is 11.8 Å². The third-order valence-corrected chi connectivity index (χ3v) is 3.92. The molecule has 1 fully saturated rings. The van der Waals surface area contributed by atoms with Crippen LogP contribution in [-0.2, 0) is 16.1 Å². The molecule has 0 radical (unpaired) electrons. The molecule has 1 heterocycles. The number of ether oxygens (including phenoxy) is 1. The summed E-state index contributed by atoms with van der Waals surface area (Å²) in [4.78, 5) is 25.9. The van der Waals surface area contributed by atoms with Gasteiger partial charge in [0.1, 0.15) is 11.8 Å². The molecule has 1 atom stereocenters. The number of nitrogens with zero attached hydrogens (tertiary/aromatic N) is 1. The van der Waals surface area contributed by atoms with Gasteiger partial charge >= 0.3 is 0 Å². The molecule has 6 nitrogen and oxygen atoms in total. The Kier molecular flexibility index (Phi) is 6.40. The molecule has 0 bridgehead atoms. The highest BCUT2D eigenvalue weighted by Gasteiger charge is 2.22. The Morgan fingerprint density at radius 1 is 1.39 bits per heavy atom. The van der Waals surface area contributed by atoms with Gasteiger partial charge in [0.2, 0.25) is 11.8 Å². The highest BCUT2D eigenvalue weighted by Crippen LogP contribution is 2.18. The first-order valence-electron chi connectivity index (χ1n) is 7.97. The zero-order valence-electron chi connectivity index (χ0n) is 13.8. The highest BCUT2D eigenvalue weighted by atomic mass is 16.5. The predicted molar refractivity (Wildman–Crippen MR) is 88.1 cm³/mol. The smallest absolute Gasteiger partial charge is 0.242 e. The minimum atomic E-state index is -0.412. The molecule has 0 aliphatic carbocycles. The van der Waals surface area contributed by atoms with Crippen molar-refractivity contribution in [2.75, 3.05) is 27.2 Å². The van der Waals surface area contributed by atoms with Gasteiger partial charge in [0, 0.05) is 18.7 Å². The van der Waals surface area contributed by atoms with Gasteiger partial charge in [-0.3, -0.25) is 14.5 Å². The Morgan fingerprint density at radius 2 is 2.17 bits per heavy atom. The number of benzene rings is 1. The first-order valence-corrected chi connectivity index (χ1v) is 7.97. The summed E-state index contributed by atoms with van der Waals surface area (Å²) in [7, 11) is 3.51. The van der Waals surface area contributed by atoms with Crippen LogP contribution in [-0.4, -0.2) is 50.0 Å². The molecule has 2 rings (SSSR count). The predicted octanol–water partition coefficient (Wildman–Crippen LogP) is 0.912. The van der Waals surface area contributed by atoms with Gasteiger partial charge < -0.3 is 15.4 Å². The molecule has 0 spiro atoms. The fraction of sp³-hybridized carbons (Fsp3) is 0.529. The van der Waals surface area contributed by atoms with Crippen LogP contribution in [0.2, 0.25) is 0 Å². The summed E-state index contributed by atoms with van der Waals surface area (Å²) < 4.78 is 5.32. The van der Waals surface area contributed by atoms with Gasteiger partial charge in [0.25, 0.3) is 0 Å². The third kappa shape index (κ3) is 5.25. The lowest BCUT2D eigenvalue weighted by molar-refractivity contribution is -0.129. The SMILES string of the molecule is COc1ccccc1CN(C)CC(=O)NC1CCCCNC1=O. The average Bonchev–Trinajstić information content (AvgIpc) is 2.72. The molecular weight excluding hydrogens is 294 g/mol. The van der Waals surface area contributed by atoms with E-state index in [4.69, 9.17) is 4.74 Å². The Bertz CT molecular complexity index is 548. The van der Waals surface area contributed by atoms with Gasteiger partial charge in [-0.05, 0) is 32.4 Å². The number of hydrogen-bond donors (Lipinski definition) is 2. The second kappa shape index (κ2) is 8.53. The number of likely N-dealkylation sites (N-methyl/N-ethyl adjacent to an activating group) is 1. The first kappa shape index (κ1) is 17.3. The highest BCUT2D eigenvalue weighted by molar-refractivity contribution is 5.88. The van der Waals surface area contributed by atoms with Crippen molar-refractivity contribution in [1.29, 1.82) is 0 Å². The van der Waals surface area contributed by atoms with E-state index in [1.807, 2.05) is 36.2 Å². The number of methoxy groups -OCH3 is 1. The van der Waals surface area contributed by atoms with Gasteiger partial charge in [-0.1, -0.05) is 18.2 Å². The summed E-state index contributed by atoms with van der Waals surface area (Å²) in [5, 5.41) is 5.65. The minimum Gasteiger partial charge on any atom is -0.496 e. The fourth-order valence-electron chi connectivity index (χ4n) is 2.74. The Labute approximate surface area is 137 Å². The number of para-hydroxylation sites is 1. The van der Waals surface area contributed by atoms with Gasteiger partial charge in [0.15, 0.2) is 0 Å². The van der Waals surface area contributed by atoms with E-state index in [1.165, 1.54) is 0 Å². The summed E-state index contributed by atoms with van der Waals surface area (Å²) in [5.41, 5.74) is 1.03. The van der Waals surface area contributed by atoms with Crippen LogP contribution in [0.25, 0.3) is 0 Å². The van der Waals surface area contributed by atoms with Crippen LogP contribution >= 0.6 is 0 Å². The number of carbonyl (C=O) groups excluding carboxylic acids is 2. The molecule has 1 aliphatic heterocycles. The zero-order valence-corrected chi connectivity index (χ0v) is 13.8. The van der Waals surface area contributed by atoms with Crippen LogP contribution in [0.5, 0.6) is 5.75 Å². The van der Waals surface area contributed by atoms with Crippen LogP contribution in [0.1, 0.15) is 24.8 Å². The number of nitrogens with one attached hydrogen (secondary N) is 2. The lowest BCUT2D eigenvalue weighted by Gasteiger charge is -2.20. The summed E-state index contributed by atoms with van der Waals surface area (Å²) in [6.07, 6.45) is 2.61. The maximum Gasteiger partial charge on any atom is 0.242 e. The number of carbonyl (C=O) groups is 2. The third-order valence-electron chi connectivity index (χ3n) is 3.92. The van der Waals surface area contributed by atoms with E-state index in [2.05, 4.69) is 10.6 Å². The minimum absolute atomic E-state index is 0.0803. The van der Waals surface area contributed by atoms with E-state index in [0.717, 1.165) is 24.2 Å². The Balaban J connectivity index is 1.85. The van der Waals surface area contributed by atoms with E-state index in [9.17, 15) is 9.59 Å². The number of amides is 2. The van der Waals surface area contributed by atoms with Crippen LogP contribution in [0.4, 0.5) is 0 Å². The molecule has 1 aromatic rings. The largest absolute Gasteiger partial charge is 0.496 e. The lowest BCUT2D eigenvalue weighted by atomic mass is 10.1. The van der Waals surface area contributed by atoms with E-state index >= 15 is 0 Å². The Hall–Kier alpha value is -2.08. The monoisotopic (exact) mass is 319 g/mol. The standard InChI is InChI=1S/C17H25N3O3/c1-20(11-13-7-3-4-9-15(13)23-2)12-16(21)19-14-8-5-6-10-18-17(14)22/h3-4,7,9,14H,5-6,8,10-12H2,1-2H3,(H,18,22)(H,19,21). The Morgan fingerprint density at radius 3 is 2.96 bits per heavy atom. The topological polar surface area (TPSA) is 70.7 Å². The van der Waals surface area contributed by atoms with E-state index in [-0.39, 0.29) is 18.4 Å². The fourth-order valence-corrected chi connectivity index (χ4v) is 2.74. The second-order valence-corrected chi connectivity index (χ2v) is 5.89. The summed E-state index contributed by atoms with van der Waals surface area (Å²) in [6.45, 7) is 1.54. The van der Waals surface area contributed by atoms with Crippen molar-refractivity contribution in [2.45, 2.75) is 31.8 Å². The molecule has 0 saturated carbocycles. The molecule has 2 amide bonds. The average molecular weight is 319 g/mol. The maximum absolute atomic E-state index is 12.2. The molecule has 1 aromatic carbocycles. The van der Waals surface area contributed by atoms with Crippen LogP contribution in [0, 0.1) is 0 Å². The molecule has 2 N–H and O–H groups in total. The van der Waals surface area contributed by atoms with Gasteiger partial charge in [-0.15, -0.1) is 0 Å². The summed E-state index contributed by atoms with van der Waals surface area (Å²) >= 11 is 0. The molecule has 126 valence electrons. The number of hydrogen-bond acceptors (Lipinski definition) is 4. The van der Waals surface area contributed by atoms with Crippen molar-refractivity contribution in [3.63, 3.8) is 0 Å². The van der Waals surface area contributed by atoms with Crippen LogP contribution in [0.15, 0.2) is 24.3 Å². The maximum atomic E-state index is 12.2. The first-order chi connectivity index (χ1) is 11.1. The molecular formula is C17H25N3O3. The molecule has 23 heavy (non-hydrogen) atoms. The van der Waals surface area contributed by atoms with Crippen LogP contribution < -0.4 is 15.4 Å². The molecule has 1 aliphatic rings. The van der Waals surface area contributed by atoms with Gasteiger partial charge in [-0.25, -0.2) is 0 Å². The quantitative estimate of drug-likeness (QED) is 0.818. The lowest BCUT2D eigenvalue weighted by Crippen LogP contribution is -2.48. The summed E-state index contributed by atoms with van der Waals surface area (Å²) in [5.74, 6) is 0.593. The van der Waals surface area contributed by atoms with Crippen molar-refractivity contribution in [3.8, 4) is 5.75 Å². The zero-order chi connectivity index (χ0) is 16.7. The molecule has 1 unspecified atom stereocenters. The molecule has 6 heteroatoms.